The zero-order valence-electron chi connectivity index (χ0n) is 14.7. The summed E-state index contributed by atoms with van der Waals surface area (Å²) >= 11 is 0. The normalized spacial score (nSPS) is 32.8. The van der Waals surface area contributed by atoms with Crippen LogP contribution in [0.5, 0.6) is 0 Å². The van der Waals surface area contributed by atoms with Crippen molar-refractivity contribution >= 4 is 21.3 Å². The van der Waals surface area contributed by atoms with Crippen LogP contribution in [0.4, 0.5) is 0 Å². The predicted octanol–water partition coefficient (Wildman–Crippen LogP) is 3.84. The highest BCUT2D eigenvalue weighted by molar-refractivity contribution is 7.53. The molecule has 0 aromatic rings. The molecular formula is C14H26N2O6P2. The van der Waals surface area contributed by atoms with E-state index in [9.17, 15) is 9.13 Å². The van der Waals surface area contributed by atoms with E-state index in [1.165, 1.54) is 4.67 Å². The molecule has 0 N–H and O–H groups in total. The predicted molar refractivity (Wildman–Crippen MR) is 90.0 cm³/mol. The van der Waals surface area contributed by atoms with Gasteiger partial charge in [-0.15, -0.1) is 0 Å². The standard InChI is InChI=1S/C14H26N2O6P2/c1-13(2)8-19-23(17,20-9-13)15-12-6-5-7-16(12)24(18)21-10-14(3,4)11-22-24/h5-11H2,1-4H3/b15-12+. The lowest BCUT2D eigenvalue weighted by molar-refractivity contribution is 0.0285. The van der Waals surface area contributed by atoms with Crippen molar-refractivity contribution in [1.29, 1.82) is 0 Å². The fourth-order valence-electron chi connectivity index (χ4n) is 2.53. The molecule has 10 heteroatoms. The average Bonchev–Trinajstić information content (AvgIpc) is 2.95. The van der Waals surface area contributed by atoms with Crippen molar-refractivity contribution in [2.75, 3.05) is 33.0 Å². The van der Waals surface area contributed by atoms with Crippen molar-refractivity contribution in [3.8, 4) is 0 Å². The maximum atomic E-state index is 13.0. The summed E-state index contributed by atoms with van der Waals surface area (Å²) in [6.07, 6.45) is 1.28. The highest BCUT2D eigenvalue weighted by atomic mass is 31.2. The van der Waals surface area contributed by atoms with Gasteiger partial charge in [0.1, 0.15) is 5.84 Å². The average molecular weight is 380 g/mol. The van der Waals surface area contributed by atoms with Crippen LogP contribution in [0.1, 0.15) is 40.5 Å². The summed E-state index contributed by atoms with van der Waals surface area (Å²) in [5.41, 5.74) is -0.379. The summed E-state index contributed by atoms with van der Waals surface area (Å²) in [7, 11) is -7.02. The second kappa shape index (κ2) is 6.19. The molecular weight excluding hydrogens is 354 g/mol. The second-order valence-electron chi connectivity index (χ2n) is 8.10. The first-order chi connectivity index (χ1) is 11.0. The van der Waals surface area contributed by atoms with Crippen molar-refractivity contribution in [2.24, 2.45) is 15.6 Å². The summed E-state index contributed by atoms with van der Waals surface area (Å²) < 4.78 is 53.3. The van der Waals surface area contributed by atoms with Crippen LogP contribution in [0.3, 0.4) is 0 Å². The van der Waals surface area contributed by atoms with Crippen molar-refractivity contribution < 1.29 is 27.2 Å². The highest BCUT2D eigenvalue weighted by Gasteiger charge is 2.46. The van der Waals surface area contributed by atoms with Crippen LogP contribution in [-0.4, -0.2) is 43.5 Å². The summed E-state index contributed by atoms with van der Waals surface area (Å²) in [6.45, 7) is 9.68. The molecule has 3 rings (SSSR count). The zero-order valence-corrected chi connectivity index (χ0v) is 16.5. The number of nitrogens with zero attached hydrogens (tertiary/aromatic N) is 2. The van der Waals surface area contributed by atoms with Gasteiger partial charge in [-0.25, -0.2) is 9.13 Å². The molecule has 3 aliphatic heterocycles. The van der Waals surface area contributed by atoms with Crippen LogP contribution in [0.25, 0.3) is 0 Å². The van der Waals surface area contributed by atoms with Gasteiger partial charge in [-0.3, -0.25) is 22.8 Å². The first-order valence-electron chi connectivity index (χ1n) is 8.18. The monoisotopic (exact) mass is 380 g/mol. The van der Waals surface area contributed by atoms with Gasteiger partial charge in [0, 0.05) is 23.8 Å². The smallest absolute Gasteiger partial charge is 0.291 e. The number of hydrogen-bond donors (Lipinski definition) is 0. The van der Waals surface area contributed by atoms with Gasteiger partial charge in [0.2, 0.25) is 0 Å². The second-order valence-corrected chi connectivity index (χ2v) is 11.7. The fraction of sp³-hybridized carbons (Fsp3) is 0.929. The van der Waals surface area contributed by atoms with E-state index in [0.717, 1.165) is 6.42 Å². The largest absolute Gasteiger partial charge is 0.455 e. The molecule has 0 aliphatic carbocycles. The van der Waals surface area contributed by atoms with E-state index < -0.39 is 15.5 Å². The fourth-order valence-corrected chi connectivity index (χ4v) is 6.50. The molecule has 24 heavy (non-hydrogen) atoms. The van der Waals surface area contributed by atoms with E-state index >= 15 is 0 Å². The molecule has 0 aromatic heterocycles. The third-order valence-electron chi connectivity index (χ3n) is 4.08. The summed E-state index contributed by atoms with van der Waals surface area (Å²) in [5, 5.41) is 0. The van der Waals surface area contributed by atoms with Gasteiger partial charge in [0.05, 0.1) is 26.4 Å². The molecule has 0 spiro atoms. The Balaban J connectivity index is 1.76. The minimum Gasteiger partial charge on any atom is -0.291 e. The molecule has 3 heterocycles. The molecule has 8 nitrogen and oxygen atoms in total. The lowest BCUT2D eigenvalue weighted by Gasteiger charge is -2.38. The quantitative estimate of drug-likeness (QED) is 0.673. The van der Waals surface area contributed by atoms with Gasteiger partial charge in [-0.2, -0.15) is 4.76 Å². The van der Waals surface area contributed by atoms with Gasteiger partial charge in [0.25, 0.3) is 0 Å². The Morgan fingerprint density at radius 2 is 1.42 bits per heavy atom. The molecule has 3 fully saturated rings. The van der Waals surface area contributed by atoms with Gasteiger partial charge in [0.15, 0.2) is 0 Å². The molecule has 0 atom stereocenters. The Kier molecular flexibility index (Phi) is 4.78. The van der Waals surface area contributed by atoms with Crippen molar-refractivity contribution in [2.45, 2.75) is 40.5 Å². The van der Waals surface area contributed by atoms with Gasteiger partial charge >= 0.3 is 15.5 Å². The van der Waals surface area contributed by atoms with Crippen LogP contribution in [-0.2, 0) is 27.2 Å². The van der Waals surface area contributed by atoms with Crippen molar-refractivity contribution in [1.82, 2.24) is 4.67 Å². The maximum absolute atomic E-state index is 13.0. The molecule has 0 unspecified atom stereocenters. The zero-order chi connectivity index (χ0) is 17.6. The first kappa shape index (κ1) is 18.6. The number of hydrogen-bond acceptors (Lipinski definition) is 6. The topological polar surface area (TPSA) is 86.7 Å². The molecule has 0 bridgehead atoms. The van der Waals surface area contributed by atoms with E-state index in [2.05, 4.69) is 4.76 Å². The van der Waals surface area contributed by atoms with E-state index in [1.807, 2.05) is 27.7 Å². The highest BCUT2D eigenvalue weighted by Crippen LogP contribution is 2.61. The molecule has 3 saturated heterocycles. The van der Waals surface area contributed by atoms with E-state index in [-0.39, 0.29) is 10.8 Å². The van der Waals surface area contributed by atoms with Crippen LogP contribution >= 0.6 is 15.5 Å². The summed E-state index contributed by atoms with van der Waals surface area (Å²) in [5.74, 6) is 0.418. The van der Waals surface area contributed by atoms with Gasteiger partial charge < -0.3 is 0 Å². The van der Waals surface area contributed by atoms with E-state index in [0.29, 0.717) is 45.2 Å². The molecule has 0 aromatic carbocycles. The van der Waals surface area contributed by atoms with Crippen molar-refractivity contribution in [3.63, 3.8) is 0 Å². The van der Waals surface area contributed by atoms with E-state index in [4.69, 9.17) is 18.1 Å². The van der Waals surface area contributed by atoms with E-state index in [1.54, 1.807) is 0 Å². The lowest BCUT2D eigenvalue weighted by atomic mass is 9.97. The minimum atomic E-state index is -3.57. The molecule has 3 aliphatic rings. The molecule has 0 amide bonds. The molecule has 138 valence electrons. The Morgan fingerprint density at radius 1 is 0.917 bits per heavy atom. The van der Waals surface area contributed by atoms with Crippen molar-refractivity contribution in [3.05, 3.63) is 0 Å². The third-order valence-corrected chi connectivity index (χ3v) is 7.40. The minimum absolute atomic E-state index is 0.182. The number of rotatable bonds is 2. The Hall–Kier alpha value is -0.230. The van der Waals surface area contributed by atoms with Crippen LogP contribution in [0.2, 0.25) is 0 Å². The van der Waals surface area contributed by atoms with Crippen LogP contribution in [0.15, 0.2) is 4.76 Å². The van der Waals surface area contributed by atoms with Crippen LogP contribution in [0, 0.1) is 10.8 Å². The summed E-state index contributed by atoms with van der Waals surface area (Å²) in [4.78, 5) is 0. The number of amidine groups is 1. The maximum Gasteiger partial charge on any atom is 0.455 e. The summed E-state index contributed by atoms with van der Waals surface area (Å²) in [6, 6.07) is 0. The SMILES string of the molecule is CC1(C)COP(=O)(/N=C2\CCCN2P2(=O)OCC(C)(C)CO2)OC1. The first-order valence-corrected chi connectivity index (χ1v) is 11.2. The van der Waals surface area contributed by atoms with Crippen LogP contribution < -0.4 is 0 Å². The van der Waals surface area contributed by atoms with Gasteiger partial charge in [-0.05, 0) is 6.42 Å². The molecule has 0 saturated carbocycles. The molecule has 0 radical (unpaired) electrons. The lowest BCUT2D eigenvalue weighted by Crippen LogP contribution is -2.35. The third kappa shape index (κ3) is 3.95. The van der Waals surface area contributed by atoms with Gasteiger partial charge in [-0.1, -0.05) is 27.7 Å². The Morgan fingerprint density at radius 3 is 1.96 bits per heavy atom. The Labute approximate surface area is 143 Å². The Bertz CT molecular complexity index is 605.